The molecule has 2 heterocycles. The Kier molecular flexibility index (Phi) is 5.38. The molecule has 0 aromatic carbocycles. The van der Waals surface area contributed by atoms with Crippen LogP contribution in [-0.4, -0.2) is 46.9 Å². The van der Waals surface area contributed by atoms with E-state index in [1.165, 1.54) is 10.7 Å². The molecular formula is C16H27N3OS. The molecule has 1 aliphatic heterocycles. The maximum atomic E-state index is 11.9. The Morgan fingerprint density at radius 1 is 1.29 bits per heavy atom. The van der Waals surface area contributed by atoms with E-state index in [2.05, 4.69) is 38.0 Å². The highest BCUT2D eigenvalue weighted by molar-refractivity contribution is 7.09. The molecule has 5 heteroatoms. The van der Waals surface area contributed by atoms with Gasteiger partial charge in [0.25, 0.3) is 0 Å². The van der Waals surface area contributed by atoms with E-state index >= 15 is 0 Å². The summed E-state index contributed by atoms with van der Waals surface area (Å²) in [5, 5.41) is 3.37. The number of aromatic nitrogens is 1. The van der Waals surface area contributed by atoms with Gasteiger partial charge in [-0.15, -0.1) is 11.3 Å². The summed E-state index contributed by atoms with van der Waals surface area (Å²) in [5.74, 6) is 0.307. The molecule has 1 aromatic rings. The fourth-order valence-electron chi connectivity index (χ4n) is 2.45. The Labute approximate surface area is 132 Å². The number of rotatable bonds is 4. The molecule has 0 spiro atoms. The van der Waals surface area contributed by atoms with Crippen LogP contribution in [-0.2, 0) is 16.8 Å². The van der Waals surface area contributed by atoms with E-state index in [4.69, 9.17) is 4.98 Å². The molecule has 0 bridgehead atoms. The number of carbonyl (C=O) groups is 1. The number of hydrogen-bond acceptors (Lipinski definition) is 4. The predicted molar refractivity (Wildman–Crippen MR) is 87.6 cm³/mol. The van der Waals surface area contributed by atoms with Crippen LogP contribution < -0.4 is 0 Å². The molecule has 1 aromatic heterocycles. The largest absolute Gasteiger partial charge is 0.340 e. The molecule has 1 aliphatic rings. The van der Waals surface area contributed by atoms with Crippen LogP contribution in [0.3, 0.4) is 0 Å². The summed E-state index contributed by atoms with van der Waals surface area (Å²) < 4.78 is 0. The number of thiazole rings is 1. The predicted octanol–water partition coefficient (Wildman–Crippen LogP) is 2.88. The molecule has 1 fully saturated rings. The third-order valence-electron chi connectivity index (χ3n) is 3.87. The summed E-state index contributed by atoms with van der Waals surface area (Å²) in [6.45, 7) is 13.2. The lowest BCUT2D eigenvalue weighted by Gasteiger charge is -2.34. The van der Waals surface area contributed by atoms with Crippen molar-refractivity contribution in [1.29, 1.82) is 0 Å². The number of amides is 1. The van der Waals surface area contributed by atoms with Crippen LogP contribution in [0, 0.1) is 0 Å². The monoisotopic (exact) mass is 309 g/mol. The first-order valence-corrected chi connectivity index (χ1v) is 8.73. The molecule has 2 rings (SSSR count). The average Bonchev–Trinajstić information content (AvgIpc) is 2.88. The van der Waals surface area contributed by atoms with E-state index in [0.717, 1.165) is 39.1 Å². The topological polar surface area (TPSA) is 36.4 Å². The van der Waals surface area contributed by atoms with E-state index < -0.39 is 0 Å². The molecular weight excluding hydrogens is 282 g/mol. The van der Waals surface area contributed by atoms with Crippen LogP contribution in [0.4, 0.5) is 0 Å². The van der Waals surface area contributed by atoms with Crippen molar-refractivity contribution in [3.63, 3.8) is 0 Å². The summed E-state index contributed by atoms with van der Waals surface area (Å²) in [5.41, 5.74) is 1.30. The Morgan fingerprint density at radius 3 is 2.48 bits per heavy atom. The molecule has 0 aliphatic carbocycles. The maximum Gasteiger partial charge on any atom is 0.222 e. The zero-order chi connectivity index (χ0) is 15.5. The first kappa shape index (κ1) is 16.4. The highest BCUT2D eigenvalue weighted by Crippen LogP contribution is 2.24. The van der Waals surface area contributed by atoms with Gasteiger partial charge in [0, 0.05) is 43.4 Å². The fraction of sp³-hybridized carbons (Fsp3) is 0.750. The van der Waals surface area contributed by atoms with Gasteiger partial charge >= 0.3 is 0 Å². The molecule has 0 unspecified atom stereocenters. The van der Waals surface area contributed by atoms with Gasteiger partial charge in [-0.25, -0.2) is 4.98 Å². The molecule has 1 amide bonds. The highest BCUT2D eigenvalue weighted by Gasteiger charge is 2.22. The first-order chi connectivity index (χ1) is 9.90. The lowest BCUT2D eigenvalue weighted by molar-refractivity contribution is -0.133. The van der Waals surface area contributed by atoms with Crippen molar-refractivity contribution in [1.82, 2.24) is 14.8 Å². The minimum Gasteiger partial charge on any atom is -0.340 e. The standard InChI is InChI=1S/C16H27N3OS/c1-5-6-15(20)19-9-7-18(8-10-19)11-14-17-13(12-21-14)16(2,3)4/h12H,5-11H2,1-4H3. The Morgan fingerprint density at radius 2 is 1.95 bits per heavy atom. The number of carbonyl (C=O) groups excluding carboxylic acids is 1. The molecule has 4 nitrogen and oxygen atoms in total. The van der Waals surface area contributed by atoms with Crippen LogP contribution >= 0.6 is 11.3 Å². The van der Waals surface area contributed by atoms with Crippen LogP contribution in [0.2, 0.25) is 0 Å². The molecule has 0 N–H and O–H groups in total. The zero-order valence-electron chi connectivity index (χ0n) is 13.7. The zero-order valence-corrected chi connectivity index (χ0v) is 14.5. The van der Waals surface area contributed by atoms with Crippen molar-refractivity contribution < 1.29 is 4.79 Å². The SMILES string of the molecule is CCCC(=O)N1CCN(Cc2nc(C(C)(C)C)cs2)CC1. The smallest absolute Gasteiger partial charge is 0.222 e. The molecule has 0 radical (unpaired) electrons. The van der Waals surface area contributed by atoms with Crippen molar-refractivity contribution in [2.75, 3.05) is 26.2 Å². The molecule has 0 saturated carbocycles. The summed E-state index contributed by atoms with van der Waals surface area (Å²) in [6.07, 6.45) is 1.62. The Balaban J connectivity index is 1.83. The van der Waals surface area contributed by atoms with Crippen molar-refractivity contribution in [3.8, 4) is 0 Å². The van der Waals surface area contributed by atoms with Crippen LogP contribution in [0.25, 0.3) is 0 Å². The second-order valence-electron chi connectivity index (χ2n) is 6.78. The number of piperazine rings is 1. The van der Waals surface area contributed by atoms with E-state index in [0.29, 0.717) is 12.3 Å². The molecule has 0 atom stereocenters. The summed E-state index contributed by atoms with van der Waals surface area (Å²) in [7, 11) is 0. The Bertz CT molecular complexity index is 470. The van der Waals surface area contributed by atoms with Gasteiger partial charge in [0.05, 0.1) is 12.2 Å². The van der Waals surface area contributed by atoms with E-state index in [1.54, 1.807) is 11.3 Å². The third-order valence-corrected chi connectivity index (χ3v) is 4.70. The minimum absolute atomic E-state index is 0.125. The van der Waals surface area contributed by atoms with Crippen LogP contribution in [0.15, 0.2) is 5.38 Å². The normalized spacial score (nSPS) is 17.2. The third kappa shape index (κ3) is 4.51. The fourth-order valence-corrected chi connectivity index (χ4v) is 3.51. The Hall–Kier alpha value is -0.940. The van der Waals surface area contributed by atoms with Gasteiger partial charge in [0.2, 0.25) is 5.91 Å². The summed E-state index contributed by atoms with van der Waals surface area (Å²) in [4.78, 5) is 21.0. The molecule has 1 saturated heterocycles. The lowest BCUT2D eigenvalue weighted by atomic mass is 9.93. The average molecular weight is 309 g/mol. The lowest BCUT2D eigenvalue weighted by Crippen LogP contribution is -2.48. The van der Waals surface area contributed by atoms with E-state index in [1.807, 2.05) is 4.90 Å². The second kappa shape index (κ2) is 6.88. The van der Waals surface area contributed by atoms with Gasteiger partial charge in [-0.05, 0) is 6.42 Å². The quantitative estimate of drug-likeness (QED) is 0.858. The van der Waals surface area contributed by atoms with Gasteiger partial charge in [0.15, 0.2) is 0 Å². The summed E-state index contributed by atoms with van der Waals surface area (Å²) in [6, 6.07) is 0. The van der Waals surface area contributed by atoms with Gasteiger partial charge in [0.1, 0.15) is 5.01 Å². The number of hydrogen-bond donors (Lipinski definition) is 0. The van der Waals surface area contributed by atoms with Gasteiger partial charge in [-0.2, -0.15) is 0 Å². The van der Waals surface area contributed by atoms with Crippen molar-refractivity contribution >= 4 is 17.2 Å². The molecule has 118 valence electrons. The van der Waals surface area contributed by atoms with Crippen molar-refractivity contribution in [2.24, 2.45) is 0 Å². The highest BCUT2D eigenvalue weighted by atomic mass is 32.1. The van der Waals surface area contributed by atoms with E-state index in [9.17, 15) is 4.79 Å². The first-order valence-electron chi connectivity index (χ1n) is 7.85. The molecule has 21 heavy (non-hydrogen) atoms. The van der Waals surface area contributed by atoms with Crippen LogP contribution in [0.1, 0.15) is 51.2 Å². The van der Waals surface area contributed by atoms with Gasteiger partial charge in [-0.3, -0.25) is 9.69 Å². The van der Waals surface area contributed by atoms with Crippen molar-refractivity contribution in [3.05, 3.63) is 16.1 Å². The second-order valence-corrected chi connectivity index (χ2v) is 7.73. The summed E-state index contributed by atoms with van der Waals surface area (Å²) >= 11 is 1.75. The number of nitrogens with zero attached hydrogens (tertiary/aromatic N) is 3. The minimum atomic E-state index is 0.125. The van der Waals surface area contributed by atoms with E-state index in [-0.39, 0.29) is 5.41 Å². The van der Waals surface area contributed by atoms with Crippen LogP contribution in [0.5, 0.6) is 0 Å². The van der Waals surface area contributed by atoms with Gasteiger partial charge < -0.3 is 4.90 Å². The maximum absolute atomic E-state index is 11.9. The van der Waals surface area contributed by atoms with Crippen molar-refractivity contribution in [2.45, 2.75) is 52.5 Å². The van der Waals surface area contributed by atoms with Gasteiger partial charge in [-0.1, -0.05) is 27.7 Å².